The van der Waals surface area contributed by atoms with E-state index in [1.54, 1.807) is 0 Å². The van der Waals surface area contributed by atoms with Crippen LogP contribution in [0.1, 0.15) is 17.7 Å². The smallest absolute Gasteiger partial charge is 0.165 e. The minimum absolute atomic E-state index is 0.610. The van der Waals surface area contributed by atoms with E-state index in [9.17, 15) is 0 Å². The first-order valence-corrected chi connectivity index (χ1v) is 21.6. The maximum Gasteiger partial charge on any atom is 0.165 e. The summed E-state index contributed by atoms with van der Waals surface area (Å²) in [7, 11) is 0. The van der Waals surface area contributed by atoms with E-state index in [0.717, 1.165) is 91.5 Å². The number of aryl methyl sites for hydroxylation is 1. The largest absolute Gasteiger partial charge is 0.305 e. The number of hydrogen-bond donors (Lipinski definition) is 0. The zero-order chi connectivity index (χ0) is 41.4. The van der Waals surface area contributed by atoms with E-state index in [4.69, 9.17) is 15.0 Å². The Morgan fingerprint density at radius 3 is 1.37 bits per heavy atom. The van der Waals surface area contributed by atoms with E-state index in [1.807, 2.05) is 12.1 Å². The predicted molar refractivity (Wildman–Crippen MR) is 259 cm³/mol. The fraction of sp³-hybridized carbons (Fsp3) is 0.0351. The summed E-state index contributed by atoms with van der Waals surface area (Å²) in [6.45, 7) is 0. The summed E-state index contributed by atoms with van der Waals surface area (Å²) in [6, 6.07) is 68.7. The monoisotopic (exact) mass is 806 g/mol. The lowest BCUT2D eigenvalue weighted by Gasteiger charge is -2.22. The van der Waals surface area contributed by atoms with Crippen molar-refractivity contribution in [1.29, 1.82) is 0 Å². The number of pyridine rings is 1. The molecule has 5 aromatic heterocycles. The molecule has 0 atom stereocenters. The lowest BCUT2D eigenvalue weighted by atomic mass is 10.0. The van der Waals surface area contributed by atoms with Crippen molar-refractivity contribution in [2.24, 2.45) is 0 Å². The van der Waals surface area contributed by atoms with E-state index < -0.39 is 0 Å². The number of rotatable bonds is 6. The first-order chi connectivity index (χ1) is 31.3. The zero-order valence-corrected chi connectivity index (χ0v) is 34.2. The van der Waals surface area contributed by atoms with Crippen molar-refractivity contribution in [3.8, 4) is 51.2 Å². The number of benzene rings is 7. The molecule has 0 amide bonds. The Bertz CT molecular complexity index is 3630. The summed E-state index contributed by atoms with van der Waals surface area (Å²) < 4.78 is 7.13. The minimum atomic E-state index is 0.610. The van der Waals surface area contributed by atoms with Crippen LogP contribution in [0.4, 0.5) is 0 Å². The molecule has 1 aliphatic carbocycles. The van der Waals surface area contributed by atoms with Gasteiger partial charge in [-0.15, -0.1) is 0 Å². The zero-order valence-electron chi connectivity index (χ0n) is 34.2. The molecule has 6 nitrogen and oxygen atoms in total. The molecule has 0 unspecified atom stereocenters. The highest BCUT2D eigenvalue weighted by Gasteiger charge is 2.29. The molecule has 7 aromatic carbocycles. The van der Waals surface area contributed by atoms with Gasteiger partial charge in [-0.25, -0.2) is 15.0 Å². The molecule has 0 N–H and O–H groups in total. The molecule has 0 radical (unpaired) electrons. The Hall–Kier alpha value is -8.35. The van der Waals surface area contributed by atoms with Gasteiger partial charge < -0.3 is 4.57 Å². The molecule has 0 fully saturated rings. The Labute approximate surface area is 363 Å². The molecule has 0 saturated heterocycles. The predicted octanol–water partition coefficient (Wildman–Crippen LogP) is 14.0. The normalized spacial score (nSPS) is 12.6. The molecule has 63 heavy (non-hydrogen) atoms. The molecule has 0 bridgehead atoms. The number of para-hydroxylation sites is 5. The minimum Gasteiger partial charge on any atom is -0.305 e. The number of aromatic nitrogens is 6. The fourth-order valence-corrected chi connectivity index (χ4v) is 10.0. The highest BCUT2D eigenvalue weighted by Crippen LogP contribution is 2.44. The third-order valence-corrected chi connectivity index (χ3v) is 12.7. The molecule has 0 aliphatic heterocycles. The maximum atomic E-state index is 5.95. The Morgan fingerprint density at radius 2 is 0.841 bits per heavy atom. The van der Waals surface area contributed by atoms with Crippen LogP contribution in [0.15, 0.2) is 200 Å². The summed E-state index contributed by atoms with van der Waals surface area (Å²) in [6.07, 6.45) is 6.53. The summed E-state index contributed by atoms with van der Waals surface area (Å²) >= 11 is 0. The summed E-state index contributed by atoms with van der Waals surface area (Å²) in [5.41, 5.74) is 13.4. The van der Waals surface area contributed by atoms with Gasteiger partial charge in [0.2, 0.25) is 0 Å². The van der Waals surface area contributed by atoms with Crippen LogP contribution in [0.2, 0.25) is 0 Å². The van der Waals surface area contributed by atoms with Gasteiger partial charge >= 0.3 is 0 Å². The number of nitrogens with zero attached hydrogens (tertiary/aromatic N) is 6. The third kappa shape index (κ3) is 5.48. The molecular formula is C57H38N6. The Kier molecular flexibility index (Phi) is 7.93. The van der Waals surface area contributed by atoms with E-state index in [1.165, 1.54) is 32.5 Å². The molecule has 12 aromatic rings. The molecule has 6 heteroatoms. The van der Waals surface area contributed by atoms with Crippen LogP contribution in [0.3, 0.4) is 0 Å². The van der Waals surface area contributed by atoms with Crippen molar-refractivity contribution in [3.05, 3.63) is 211 Å². The van der Waals surface area contributed by atoms with Crippen LogP contribution in [0, 0.1) is 0 Å². The van der Waals surface area contributed by atoms with Crippen molar-refractivity contribution in [1.82, 2.24) is 28.7 Å². The Balaban J connectivity index is 1.26. The molecule has 296 valence electrons. The van der Waals surface area contributed by atoms with Gasteiger partial charge in [0.15, 0.2) is 11.6 Å². The van der Waals surface area contributed by atoms with Gasteiger partial charge in [0, 0.05) is 38.1 Å². The van der Waals surface area contributed by atoms with Crippen LogP contribution in [0.5, 0.6) is 0 Å². The second-order valence-corrected chi connectivity index (χ2v) is 16.3. The summed E-state index contributed by atoms with van der Waals surface area (Å²) in [4.78, 5) is 17.1. The Morgan fingerprint density at radius 1 is 0.397 bits per heavy atom. The second-order valence-electron chi connectivity index (χ2n) is 16.3. The lowest BCUT2D eigenvalue weighted by Crippen LogP contribution is -2.13. The van der Waals surface area contributed by atoms with E-state index in [0.29, 0.717) is 5.82 Å². The van der Waals surface area contributed by atoms with Gasteiger partial charge in [-0.05, 0) is 66.9 Å². The van der Waals surface area contributed by atoms with Gasteiger partial charge in [-0.3, -0.25) is 9.13 Å². The average molecular weight is 807 g/mol. The quantitative estimate of drug-likeness (QED) is 0.168. The molecule has 0 spiro atoms. The van der Waals surface area contributed by atoms with Crippen molar-refractivity contribution in [2.75, 3.05) is 0 Å². The average Bonchev–Trinajstić information content (AvgIpc) is 4.00. The third-order valence-electron chi connectivity index (χ3n) is 12.7. The van der Waals surface area contributed by atoms with Crippen LogP contribution in [0.25, 0.3) is 112 Å². The first-order valence-electron chi connectivity index (χ1n) is 21.6. The van der Waals surface area contributed by atoms with Crippen molar-refractivity contribution in [3.63, 3.8) is 0 Å². The van der Waals surface area contributed by atoms with E-state index in [2.05, 4.69) is 208 Å². The number of hydrogen-bond acceptors (Lipinski definition) is 3. The summed E-state index contributed by atoms with van der Waals surface area (Å²) in [5, 5.41) is 5.92. The van der Waals surface area contributed by atoms with Gasteiger partial charge in [0.05, 0.1) is 50.2 Å². The molecule has 5 heterocycles. The summed E-state index contributed by atoms with van der Waals surface area (Å²) in [5.74, 6) is 2.19. The van der Waals surface area contributed by atoms with Crippen LogP contribution >= 0.6 is 0 Å². The topological polar surface area (TPSA) is 53.5 Å². The molecule has 13 rings (SSSR count). The van der Waals surface area contributed by atoms with Crippen molar-refractivity contribution in [2.45, 2.75) is 12.8 Å². The SMILES string of the molecule is C1=Cc2c(c3ccccc3n2-c2nc(-n3c4ccccc4c4ccccc43)cc(-c3nc(-c4ccccc4)cc(-c4ccccc4)n3)c2-n2c3ccccc3c3ccccc32)CC1. The highest BCUT2D eigenvalue weighted by atomic mass is 15.2. The van der Waals surface area contributed by atoms with Crippen LogP contribution < -0.4 is 0 Å². The maximum absolute atomic E-state index is 5.95. The van der Waals surface area contributed by atoms with Gasteiger partial charge in [-0.2, -0.15) is 0 Å². The molecular weight excluding hydrogens is 769 g/mol. The van der Waals surface area contributed by atoms with Crippen LogP contribution in [-0.4, -0.2) is 28.7 Å². The van der Waals surface area contributed by atoms with Crippen molar-refractivity contribution >= 4 is 60.6 Å². The fourth-order valence-electron chi connectivity index (χ4n) is 10.0. The molecule has 1 aliphatic rings. The highest BCUT2D eigenvalue weighted by molar-refractivity contribution is 6.11. The lowest BCUT2D eigenvalue weighted by molar-refractivity contribution is 0.927. The standard InChI is InChI=1S/C57H38N6/c1-3-19-37(20-4-1)46-36-47(38-21-5-2-6-22-38)59-56(58-46)45-35-54(61-48-29-13-7-23-39(48)40-24-8-14-30-49(40)61)60-57(63-52-33-17-11-27-43(52)44-28-12-18-34-53(44)63)55(45)62-50-31-15-9-25-41(50)42-26-10-16-32-51(42)62/h1-11,13-27,29-36H,12,28H2. The second kappa shape index (κ2) is 14.1. The number of fused-ring (bicyclic) bond motifs is 9. The van der Waals surface area contributed by atoms with Crippen molar-refractivity contribution < 1.29 is 0 Å². The van der Waals surface area contributed by atoms with Gasteiger partial charge in [0.1, 0.15) is 11.5 Å². The van der Waals surface area contributed by atoms with Gasteiger partial charge in [-0.1, -0.05) is 158 Å². The number of allylic oxidation sites excluding steroid dienone is 1. The van der Waals surface area contributed by atoms with E-state index in [-0.39, 0.29) is 0 Å². The van der Waals surface area contributed by atoms with Gasteiger partial charge in [0.25, 0.3) is 0 Å². The molecule has 0 saturated carbocycles. The first kappa shape index (κ1) is 35.4. The van der Waals surface area contributed by atoms with Crippen LogP contribution in [-0.2, 0) is 6.42 Å². The van der Waals surface area contributed by atoms with E-state index >= 15 is 0 Å².